The van der Waals surface area contributed by atoms with E-state index in [1.165, 1.54) is 11.8 Å². The van der Waals surface area contributed by atoms with Crippen LogP contribution in [0.2, 0.25) is 0 Å². The number of furan rings is 1. The summed E-state index contributed by atoms with van der Waals surface area (Å²) in [5.74, 6) is 1.07. The number of oxazole rings is 1. The Morgan fingerprint density at radius 2 is 2.12 bits per heavy atom. The molecule has 0 aliphatic heterocycles. The first kappa shape index (κ1) is 17.1. The Bertz CT molecular complexity index is 880. The smallest absolute Gasteiger partial charge is 0.374 e. The van der Waals surface area contributed by atoms with Crippen LogP contribution in [0.3, 0.4) is 0 Å². The molecule has 0 bridgehead atoms. The highest BCUT2D eigenvalue weighted by Gasteiger charge is 2.22. The molecule has 126 valence electrons. The highest BCUT2D eigenvalue weighted by atomic mass is 79.9. The average molecular weight is 410 g/mol. The molecule has 24 heavy (non-hydrogen) atoms. The van der Waals surface area contributed by atoms with E-state index in [-0.39, 0.29) is 5.76 Å². The monoisotopic (exact) mass is 409 g/mol. The maximum absolute atomic E-state index is 12.2. The van der Waals surface area contributed by atoms with Gasteiger partial charge in [0.25, 0.3) is 5.22 Å². The number of rotatable bonds is 5. The van der Waals surface area contributed by atoms with Gasteiger partial charge < -0.3 is 13.6 Å². The summed E-state index contributed by atoms with van der Waals surface area (Å²) in [6.07, 6.45) is 0. The number of benzene rings is 1. The Labute approximate surface area is 151 Å². The van der Waals surface area contributed by atoms with Gasteiger partial charge in [-0.25, -0.2) is 9.78 Å². The summed E-state index contributed by atoms with van der Waals surface area (Å²) in [5, 5.41) is 1.45. The summed E-state index contributed by atoms with van der Waals surface area (Å²) < 4.78 is 17.3. The fraction of sp³-hybridized carbons (Fsp3) is 0.294. The molecule has 0 unspecified atom stereocenters. The fourth-order valence-electron chi connectivity index (χ4n) is 2.26. The van der Waals surface area contributed by atoms with Crippen molar-refractivity contribution in [2.24, 2.45) is 0 Å². The van der Waals surface area contributed by atoms with Crippen LogP contribution < -0.4 is 0 Å². The molecule has 0 radical (unpaired) electrons. The van der Waals surface area contributed by atoms with Crippen LogP contribution in [0.25, 0.3) is 11.0 Å². The third-order valence-electron chi connectivity index (χ3n) is 3.56. The van der Waals surface area contributed by atoms with Gasteiger partial charge in [-0.3, -0.25) is 0 Å². The van der Waals surface area contributed by atoms with Crippen LogP contribution in [0.1, 0.15) is 34.5 Å². The third-order valence-corrected chi connectivity index (χ3v) is 4.91. The molecule has 3 aromatic rings. The van der Waals surface area contributed by atoms with E-state index < -0.39 is 5.97 Å². The number of halogens is 1. The van der Waals surface area contributed by atoms with Gasteiger partial charge >= 0.3 is 5.97 Å². The molecule has 0 amide bonds. The Morgan fingerprint density at radius 1 is 1.33 bits per heavy atom. The van der Waals surface area contributed by atoms with E-state index in [2.05, 4.69) is 20.9 Å². The van der Waals surface area contributed by atoms with Crippen molar-refractivity contribution < 1.29 is 18.4 Å². The van der Waals surface area contributed by atoms with Gasteiger partial charge in [-0.05, 0) is 39.0 Å². The quantitative estimate of drug-likeness (QED) is 0.422. The van der Waals surface area contributed by atoms with Crippen LogP contribution >= 0.6 is 27.7 Å². The standard InChI is InChI=1S/C17H16BrNO4S/c1-4-21-16(20)15-13(8-24-17-19-9(2)10(3)22-17)12-7-11(18)5-6-14(12)23-15/h5-7H,4,8H2,1-3H3. The van der Waals surface area contributed by atoms with Crippen LogP contribution in [0.4, 0.5) is 0 Å². The number of ether oxygens (including phenoxy) is 1. The first-order valence-electron chi connectivity index (χ1n) is 7.44. The number of hydrogen-bond acceptors (Lipinski definition) is 6. The number of carbonyl (C=O) groups is 1. The molecular formula is C17H16BrNO4S. The Morgan fingerprint density at radius 3 is 2.79 bits per heavy atom. The van der Waals surface area contributed by atoms with E-state index >= 15 is 0 Å². The van der Waals surface area contributed by atoms with Crippen molar-refractivity contribution >= 4 is 44.6 Å². The summed E-state index contributed by atoms with van der Waals surface area (Å²) in [7, 11) is 0. The molecule has 1 aromatic carbocycles. The first-order valence-corrected chi connectivity index (χ1v) is 9.22. The van der Waals surface area contributed by atoms with E-state index in [1.54, 1.807) is 6.92 Å². The second kappa shape index (κ2) is 7.03. The second-order valence-electron chi connectivity index (χ2n) is 5.18. The minimum absolute atomic E-state index is 0.234. The van der Waals surface area contributed by atoms with Crippen molar-refractivity contribution in [1.29, 1.82) is 0 Å². The molecule has 3 rings (SSSR count). The van der Waals surface area contributed by atoms with Crippen molar-refractivity contribution in [3.05, 3.63) is 45.4 Å². The Hall–Kier alpha value is -1.73. The fourth-order valence-corrected chi connectivity index (χ4v) is 3.57. The van der Waals surface area contributed by atoms with Gasteiger partial charge in [0, 0.05) is 21.2 Å². The van der Waals surface area contributed by atoms with Crippen molar-refractivity contribution in [2.75, 3.05) is 6.61 Å². The van der Waals surface area contributed by atoms with Crippen molar-refractivity contribution in [3.63, 3.8) is 0 Å². The van der Waals surface area contributed by atoms with E-state index in [0.29, 0.717) is 23.2 Å². The summed E-state index contributed by atoms with van der Waals surface area (Å²) >= 11 is 4.88. The molecule has 0 fully saturated rings. The second-order valence-corrected chi connectivity index (χ2v) is 7.02. The zero-order chi connectivity index (χ0) is 17.3. The van der Waals surface area contributed by atoms with E-state index in [4.69, 9.17) is 13.6 Å². The number of aryl methyl sites for hydroxylation is 2. The highest BCUT2D eigenvalue weighted by molar-refractivity contribution is 9.10. The third kappa shape index (κ3) is 3.37. The maximum Gasteiger partial charge on any atom is 0.374 e. The lowest BCUT2D eigenvalue weighted by molar-refractivity contribution is 0.0491. The van der Waals surface area contributed by atoms with Gasteiger partial charge in [-0.2, -0.15) is 0 Å². The van der Waals surface area contributed by atoms with Gasteiger partial charge in [0.15, 0.2) is 0 Å². The number of hydrogen-bond donors (Lipinski definition) is 0. The minimum Gasteiger partial charge on any atom is -0.460 e. The average Bonchev–Trinajstić information content (AvgIpc) is 3.05. The predicted octanol–water partition coefficient (Wildman–Crippen LogP) is 5.27. The molecule has 0 aliphatic carbocycles. The molecular weight excluding hydrogens is 394 g/mol. The molecule has 5 nitrogen and oxygen atoms in total. The van der Waals surface area contributed by atoms with Crippen LogP contribution in [0.15, 0.2) is 36.7 Å². The maximum atomic E-state index is 12.2. The van der Waals surface area contributed by atoms with Crippen molar-refractivity contribution in [3.8, 4) is 0 Å². The number of esters is 1. The number of carbonyl (C=O) groups excluding carboxylic acids is 1. The van der Waals surface area contributed by atoms with Crippen LogP contribution in [-0.4, -0.2) is 17.6 Å². The zero-order valence-corrected chi connectivity index (χ0v) is 15.9. The Kier molecular flexibility index (Phi) is 5.01. The molecule has 0 atom stereocenters. The normalized spacial score (nSPS) is 11.2. The van der Waals surface area contributed by atoms with Crippen LogP contribution in [0, 0.1) is 13.8 Å². The van der Waals surface area contributed by atoms with Gasteiger partial charge in [-0.1, -0.05) is 27.7 Å². The minimum atomic E-state index is -0.458. The summed E-state index contributed by atoms with van der Waals surface area (Å²) in [4.78, 5) is 16.6. The largest absolute Gasteiger partial charge is 0.460 e. The number of fused-ring (bicyclic) bond motifs is 1. The van der Waals surface area contributed by atoms with E-state index in [9.17, 15) is 4.79 Å². The first-order chi connectivity index (χ1) is 11.5. The van der Waals surface area contributed by atoms with Crippen LogP contribution in [-0.2, 0) is 10.5 Å². The molecule has 0 saturated carbocycles. The number of aromatic nitrogens is 1. The van der Waals surface area contributed by atoms with Gasteiger partial charge in [-0.15, -0.1) is 0 Å². The lowest BCUT2D eigenvalue weighted by Gasteiger charge is -2.02. The van der Waals surface area contributed by atoms with Crippen molar-refractivity contribution in [1.82, 2.24) is 4.98 Å². The molecule has 0 aliphatic rings. The number of nitrogens with zero attached hydrogens (tertiary/aromatic N) is 1. The zero-order valence-electron chi connectivity index (χ0n) is 13.5. The predicted molar refractivity (Wildman–Crippen MR) is 95.4 cm³/mol. The molecule has 0 spiro atoms. The summed E-state index contributed by atoms with van der Waals surface area (Å²) in [6, 6.07) is 5.64. The van der Waals surface area contributed by atoms with E-state index in [1.807, 2.05) is 32.0 Å². The molecule has 2 aromatic heterocycles. The van der Waals surface area contributed by atoms with Crippen molar-refractivity contribution in [2.45, 2.75) is 31.7 Å². The lowest BCUT2D eigenvalue weighted by atomic mass is 10.1. The number of thioether (sulfide) groups is 1. The van der Waals surface area contributed by atoms with Crippen LogP contribution in [0.5, 0.6) is 0 Å². The lowest BCUT2D eigenvalue weighted by Crippen LogP contribution is -2.05. The topological polar surface area (TPSA) is 65.5 Å². The SMILES string of the molecule is CCOC(=O)c1oc2ccc(Br)cc2c1CSc1nc(C)c(C)o1. The summed E-state index contributed by atoms with van der Waals surface area (Å²) in [6.45, 7) is 5.84. The highest BCUT2D eigenvalue weighted by Crippen LogP contribution is 2.34. The van der Waals surface area contributed by atoms with E-state index in [0.717, 1.165) is 26.9 Å². The Balaban J connectivity index is 1.98. The van der Waals surface area contributed by atoms with Gasteiger partial charge in [0.2, 0.25) is 5.76 Å². The van der Waals surface area contributed by atoms with Gasteiger partial charge in [0.1, 0.15) is 11.3 Å². The summed E-state index contributed by atoms with van der Waals surface area (Å²) in [5.41, 5.74) is 2.29. The molecule has 0 saturated heterocycles. The van der Waals surface area contributed by atoms with Gasteiger partial charge in [0.05, 0.1) is 12.3 Å². The molecule has 2 heterocycles. The molecule has 0 N–H and O–H groups in total. The molecule has 7 heteroatoms.